The van der Waals surface area contributed by atoms with E-state index in [4.69, 9.17) is 0 Å². The van der Waals surface area contributed by atoms with Crippen molar-refractivity contribution in [2.75, 3.05) is 7.05 Å². The average molecular weight is 218 g/mol. The molecule has 0 saturated heterocycles. The first kappa shape index (κ1) is 12.7. The van der Waals surface area contributed by atoms with Crippen LogP contribution in [0.4, 0.5) is 0 Å². The van der Waals surface area contributed by atoms with E-state index in [1.54, 1.807) is 0 Å². The van der Waals surface area contributed by atoms with Crippen molar-refractivity contribution in [3.63, 3.8) is 0 Å². The summed E-state index contributed by atoms with van der Waals surface area (Å²) in [6.45, 7) is 4.85. The number of hydrogen-bond donors (Lipinski definition) is 0. The summed E-state index contributed by atoms with van der Waals surface area (Å²) in [5, 5.41) is 10.7. The standard InChI is InChI=1S/C9H12N2O2S.Li/c1-9(2)6-5(4-11(9)3)14-7(10-6)8(12)13;/h4H2,1-3H3,(H,12,13);/q;+1/p-1. The average Bonchev–Trinajstić information content (AvgIpc) is 2.55. The summed E-state index contributed by atoms with van der Waals surface area (Å²) < 4.78 is 0. The maximum atomic E-state index is 10.6. The van der Waals surface area contributed by atoms with Crippen molar-refractivity contribution < 1.29 is 28.8 Å². The molecule has 2 rings (SSSR count). The number of nitrogens with zero attached hydrogens (tertiary/aromatic N) is 2. The van der Waals surface area contributed by atoms with Crippen LogP contribution in [0.5, 0.6) is 0 Å². The van der Waals surface area contributed by atoms with Crippen LogP contribution in [0.15, 0.2) is 0 Å². The van der Waals surface area contributed by atoms with Crippen LogP contribution in [0.2, 0.25) is 0 Å². The first-order valence-electron chi connectivity index (χ1n) is 4.35. The number of carboxylic acid groups (broad SMARTS) is 1. The molecule has 6 heteroatoms. The van der Waals surface area contributed by atoms with Crippen LogP contribution >= 0.6 is 11.3 Å². The molecule has 0 amide bonds. The van der Waals surface area contributed by atoms with Crippen LogP contribution in [0, 0.1) is 0 Å². The minimum atomic E-state index is -1.18. The third kappa shape index (κ3) is 1.85. The predicted molar refractivity (Wildman–Crippen MR) is 50.9 cm³/mol. The van der Waals surface area contributed by atoms with Gasteiger partial charge >= 0.3 is 18.9 Å². The van der Waals surface area contributed by atoms with Gasteiger partial charge in [0.25, 0.3) is 0 Å². The van der Waals surface area contributed by atoms with Gasteiger partial charge in [0.2, 0.25) is 0 Å². The van der Waals surface area contributed by atoms with Crippen LogP contribution < -0.4 is 24.0 Å². The van der Waals surface area contributed by atoms with E-state index in [0.29, 0.717) is 0 Å². The quantitative estimate of drug-likeness (QED) is 0.477. The van der Waals surface area contributed by atoms with Crippen LogP contribution in [0.25, 0.3) is 0 Å². The molecule has 0 N–H and O–H groups in total. The van der Waals surface area contributed by atoms with Crippen molar-refractivity contribution in [2.45, 2.75) is 25.9 Å². The first-order chi connectivity index (χ1) is 6.43. The third-order valence-corrected chi connectivity index (χ3v) is 3.81. The van der Waals surface area contributed by atoms with Gasteiger partial charge < -0.3 is 9.90 Å². The molecule has 1 aromatic heterocycles. The Morgan fingerprint density at radius 2 is 2.20 bits per heavy atom. The second-order valence-electron chi connectivity index (χ2n) is 3.99. The molecule has 0 radical (unpaired) electrons. The molecule has 1 aliphatic rings. The molecule has 0 aromatic carbocycles. The van der Waals surface area contributed by atoms with E-state index in [2.05, 4.69) is 9.88 Å². The fraction of sp³-hybridized carbons (Fsp3) is 0.556. The zero-order chi connectivity index (χ0) is 10.5. The maximum absolute atomic E-state index is 10.6. The van der Waals surface area contributed by atoms with Gasteiger partial charge in [0, 0.05) is 11.4 Å². The monoisotopic (exact) mass is 218 g/mol. The second-order valence-corrected chi connectivity index (χ2v) is 5.08. The summed E-state index contributed by atoms with van der Waals surface area (Å²) in [7, 11) is 2.01. The summed E-state index contributed by atoms with van der Waals surface area (Å²) in [5.74, 6) is -1.18. The number of carboxylic acids is 1. The third-order valence-electron chi connectivity index (χ3n) is 2.79. The molecule has 4 nitrogen and oxygen atoms in total. The van der Waals surface area contributed by atoms with Crippen molar-refractivity contribution in [1.82, 2.24) is 9.88 Å². The molecule has 15 heavy (non-hydrogen) atoms. The minimum absolute atomic E-state index is 0. The van der Waals surface area contributed by atoms with Gasteiger partial charge in [-0.2, -0.15) is 0 Å². The van der Waals surface area contributed by atoms with Gasteiger partial charge in [-0.05, 0) is 20.9 Å². The van der Waals surface area contributed by atoms with E-state index in [1.807, 2.05) is 20.9 Å². The van der Waals surface area contributed by atoms with E-state index in [0.717, 1.165) is 17.1 Å². The molecule has 0 atom stereocenters. The minimum Gasteiger partial charge on any atom is -0.542 e. The molecule has 1 aliphatic heterocycles. The zero-order valence-electron chi connectivity index (χ0n) is 9.33. The van der Waals surface area contributed by atoms with Crippen molar-refractivity contribution in [3.8, 4) is 0 Å². The Morgan fingerprint density at radius 1 is 1.60 bits per heavy atom. The van der Waals surface area contributed by atoms with E-state index >= 15 is 0 Å². The fourth-order valence-electron chi connectivity index (χ4n) is 1.62. The summed E-state index contributed by atoms with van der Waals surface area (Å²) in [5.41, 5.74) is 0.712. The van der Waals surface area contributed by atoms with Gasteiger partial charge in [-0.15, -0.1) is 11.3 Å². The van der Waals surface area contributed by atoms with Crippen LogP contribution in [0.3, 0.4) is 0 Å². The smallest absolute Gasteiger partial charge is 0.542 e. The van der Waals surface area contributed by atoms with Gasteiger partial charge in [-0.1, -0.05) is 0 Å². The van der Waals surface area contributed by atoms with Crippen LogP contribution in [-0.2, 0) is 12.1 Å². The Hall–Kier alpha value is -0.343. The zero-order valence-corrected chi connectivity index (χ0v) is 10.1. The topological polar surface area (TPSA) is 56.3 Å². The summed E-state index contributed by atoms with van der Waals surface area (Å²) in [6, 6.07) is 0. The van der Waals surface area contributed by atoms with Crippen LogP contribution in [-0.4, -0.2) is 22.9 Å². The number of carbonyl (C=O) groups is 1. The van der Waals surface area contributed by atoms with Gasteiger partial charge in [0.15, 0.2) is 0 Å². The normalized spacial score (nSPS) is 18.3. The van der Waals surface area contributed by atoms with Gasteiger partial charge in [-0.25, -0.2) is 4.98 Å². The molecule has 0 aliphatic carbocycles. The fourth-order valence-corrected chi connectivity index (χ4v) is 2.72. The predicted octanol–water partition coefficient (Wildman–Crippen LogP) is -2.81. The molecular weight excluding hydrogens is 207 g/mol. The molecule has 1 aromatic rings. The van der Waals surface area contributed by atoms with Crippen LogP contribution in [0.1, 0.15) is 34.2 Å². The molecule has 2 heterocycles. The van der Waals surface area contributed by atoms with Gasteiger partial charge in [0.05, 0.1) is 11.2 Å². The van der Waals surface area contributed by atoms with E-state index in [-0.39, 0.29) is 29.4 Å². The molecule has 76 valence electrons. The molecule has 0 bridgehead atoms. The van der Waals surface area contributed by atoms with E-state index < -0.39 is 5.97 Å². The number of fused-ring (bicyclic) bond motifs is 1. The van der Waals surface area contributed by atoms with Crippen molar-refractivity contribution in [3.05, 3.63) is 15.6 Å². The molecular formula is C9H11LiN2O2S. The number of rotatable bonds is 1. The van der Waals surface area contributed by atoms with Gasteiger partial charge in [0.1, 0.15) is 11.0 Å². The van der Waals surface area contributed by atoms with Gasteiger partial charge in [-0.3, -0.25) is 4.90 Å². The Morgan fingerprint density at radius 3 is 2.67 bits per heavy atom. The number of carbonyl (C=O) groups excluding carboxylic acids is 1. The summed E-state index contributed by atoms with van der Waals surface area (Å²) in [4.78, 5) is 17.9. The van der Waals surface area contributed by atoms with Crippen molar-refractivity contribution in [1.29, 1.82) is 0 Å². The molecule has 0 spiro atoms. The first-order valence-corrected chi connectivity index (χ1v) is 5.17. The van der Waals surface area contributed by atoms with Crippen molar-refractivity contribution >= 4 is 17.3 Å². The summed E-state index contributed by atoms with van der Waals surface area (Å²) in [6.07, 6.45) is 0. The number of hydrogen-bond acceptors (Lipinski definition) is 5. The molecule has 0 unspecified atom stereocenters. The largest absolute Gasteiger partial charge is 1.00 e. The number of aromatic nitrogens is 1. The Labute approximate surface area is 104 Å². The maximum Gasteiger partial charge on any atom is 1.00 e. The SMILES string of the molecule is CN1Cc2sc(C(=O)[O-])nc2C1(C)C.[Li+]. The second kappa shape index (κ2) is 3.91. The van der Waals surface area contributed by atoms with E-state index in [1.165, 1.54) is 11.3 Å². The van der Waals surface area contributed by atoms with Crippen molar-refractivity contribution in [2.24, 2.45) is 0 Å². The Bertz CT molecular complexity index is 403. The summed E-state index contributed by atoms with van der Waals surface area (Å²) >= 11 is 1.22. The Kier molecular flexibility index (Phi) is 3.32. The number of thiazole rings is 1. The Balaban J connectivity index is 0.00000112. The number of aromatic carboxylic acids is 1. The molecule has 0 fully saturated rings. The molecule has 0 saturated carbocycles. The van der Waals surface area contributed by atoms with E-state index in [9.17, 15) is 9.90 Å².